The SMILES string of the molecule is Cc1cccn2c(=O)c(/C=C3/SC(=S)N(C(C)C)C3=O)c(NC[C@@H]3CCCO3)nc12. The van der Waals surface area contributed by atoms with Gasteiger partial charge in [-0.15, -0.1) is 0 Å². The molecule has 2 aliphatic heterocycles. The highest BCUT2D eigenvalue weighted by Gasteiger charge is 2.34. The minimum atomic E-state index is -0.228. The summed E-state index contributed by atoms with van der Waals surface area (Å²) in [6.45, 7) is 7.06. The van der Waals surface area contributed by atoms with Crippen LogP contribution in [0.25, 0.3) is 11.7 Å². The average molecular weight is 445 g/mol. The van der Waals surface area contributed by atoms with Crippen LogP contribution in [0.2, 0.25) is 0 Å². The lowest BCUT2D eigenvalue weighted by atomic mass is 10.2. The fourth-order valence-corrected chi connectivity index (χ4v) is 5.15. The van der Waals surface area contributed by atoms with E-state index in [9.17, 15) is 9.59 Å². The van der Waals surface area contributed by atoms with Gasteiger partial charge in [0.15, 0.2) is 0 Å². The number of carbonyl (C=O) groups is 1. The Bertz CT molecular complexity index is 1100. The lowest BCUT2D eigenvalue weighted by Crippen LogP contribution is -2.34. The number of amides is 1. The first-order chi connectivity index (χ1) is 14.4. The quantitative estimate of drug-likeness (QED) is 0.561. The van der Waals surface area contributed by atoms with E-state index in [1.54, 1.807) is 17.2 Å². The summed E-state index contributed by atoms with van der Waals surface area (Å²) < 4.78 is 7.71. The maximum absolute atomic E-state index is 13.3. The van der Waals surface area contributed by atoms with Gasteiger partial charge in [-0.25, -0.2) is 4.98 Å². The number of pyridine rings is 1. The molecule has 2 aromatic rings. The predicted octanol–water partition coefficient (Wildman–Crippen LogP) is 3.20. The Morgan fingerprint density at radius 1 is 1.43 bits per heavy atom. The molecule has 2 saturated heterocycles. The number of hydrogen-bond acceptors (Lipinski definition) is 7. The van der Waals surface area contributed by atoms with Gasteiger partial charge < -0.3 is 10.1 Å². The molecule has 158 valence electrons. The second-order valence-electron chi connectivity index (χ2n) is 7.73. The fourth-order valence-electron chi connectivity index (χ4n) is 3.65. The molecule has 1 amide bonds. The van der Waals surface area contributed by atoms with Crippen LogP contribution in [-0.2, 0) is 9.53 Å². The highest BCUT2D eigenvalue weighted by Crippen LogP contribution is 2.34. The second-order valence-corrected chi connectivity index (χ2v) is 9.40. The molecule has 1 atom stereocenters. The molecule has 0 unspecified atom stereocenters. The summed E-state index contributed by atoms with van der Waals surface area (Å²) >= 11 is 6.58. The number of ether oxygens (including phenoxy) is 1. The standard InChI is InChI=1S/C21H24N4O3S2/c1-12(2)25-20(27)16(30-21(25)29)10-15-17(22-11-14-7-5-9-28-14)23-18-13(3)6-4-8-24(18)19(15)26/h4,6,8,10,12,14,22H,5,7,9,11H2,1-3H3/b16-10+/t14-/m0/s1. The molecule has 1 N–H and O–H groups in total. The Morgan fingerprint density at radius 2 is 2.23 bits per heavy atom. The van der Waals surface area contributed by atoms with Crippen molar-refractivity contribution in [1.29, 1.82) is 0 Å². The van der Waals surface area contributed by atoms with E-state index in [0.717, 1.165) is 25.0 Å². The van der Waals surface area contributed by atoms with E-state index in [-0.39, 0.29) is 23.6 Å². The van der Waals surface area contributed by atoms with Crippen molar-refractivity contribution in [3.05, 3.63) is 44.7 Å². The number of aromatic nitrogens is 2. The molecular weight excluding hydrogens is 420 g/mol. The molecule has 2 aromatic heterocycles. The molecular formula is C21H24N4O3S2. The van der Waals surface area contributed by atoms with Crippen molar-refractivity contribution in [3.8, 4) is 0 Å². The minimum Gasteiger partial charge on any atom is -0.376 e. The van der Waals surface area contributed by atoms with Crippen LogP contribution in [0.3, 0.4) is 0 Å². The molecule has 0 aromatic carbocycles. The third-order valence-corrected chi connectivity index (χ3v) is 6.55. The van der Waals surface area contributed by atoms with E-state index in [4.69, 9.17) is 21.9 Å². The largest absolute Gasteiger partial charge is 0.376 e. The monoisotopic (exact) mass is 444 g/mol. The van der Waals surface area contributed by atoms with Crippen molar-refractivity contribution >= 4 is 51.7 Å². The molecule has 2 aliphatic rings. The van der Waals surface area contributed by atoms with E-state index >= 15 is 0 Å². The summed E-state index contributed by atoms with van der Waals surface area (Å²) in [6.07, 6.45) is 5.40. The van der Waals surface area contributed by atoms with Gasteiger partial charge in [-0.1, -0.05) is 30.0 Å². The van der Waals surface area contributed by atoms with Crippen molar-refractivity contribution in [3.63, 3.8) is 0 Å². The zero-order valence-corrected chi connectivity index (χ0v) is 18.8. The van der Waals surface area contributed by atoms with Crippen LogP contribution in [0.1, 0.15) is 37.8 Å². The summed E-state index contributed by atoms with van der Waals surface area (Å²) in [4.78, 5) is 32.9. The molecule has 0 spiro atoms. The maximum atomic E-state index is 13.3. The molecule has 30 heavy (non-hydrogen) atoms. The Labute approximate surface area is 184 Å². The van der Waals surface area contributed by atoms with E-state index in [0.29, 0.717) is 32.8 Å². The highest BCUT2D eigenvalue weighted by atomic mass is 32.2. The number of carbonyl (C=O) groups excluding carboxylic acids is 1. The number of aryl methyl sites for hydroxylation is 1. The third-order valence-electron chi connectivity index (χ3n) is 5.22. The number of anilines is 1. The van der Waals surface area contributed by atoms with Gasteiger partial charge in [0.05, 0.1) is 16.6 Å². The number of thiocarbonyl (C=S) groups is 1. The Kier molecular flexibility index (Phi) is 5.95. The van der Waals surface area contributed by atoms with E-state index < -0.39 is 0 Å². The number of fused-ring (bicyclic) bond motifs is 1. The van der Waals surface area contributed by atoms with Gasteiger partial charge in [0.2, 0.25) is 0 Å². The van der Waals surface area contributed by atoms with Gasteiger partial charge in [0, 0.05) is 25.4 Å². The molecule has 0 aliphatic carbocycles. The lowest BCUT2D eigenvalue weighted by molar-refractivity contribution is -0.123. The van der Waals surface area contributed by atoms with Crippen molar-refractivity contribution in [2.24, 2.45) is 0 Å². The minimum absolute atomic E-state index is 0.0426. The summed E-state index contributed by atoms with van der Waals surface area (Å²) in [5.74, 6) is 0.276. The van der Waals surface area contributed by atoms with Crippen molar-refractivity contribution < 1.29 is 9.53 Å². The van der Waals surface area contributed by atoms with Crippen LogP contribution in [0.4, 0.5) is 5.82 Å². The number of rotatable bonds is 5. The van der Waals surface area contributed by atoms with Gasteiger partial charge in [-0.2, -0.15) is 0 Å². The van der Waals surface area contributed by atoms with Crippen molar-refractivity contribution in [1.82, 2.24) is 14.3 Å². The molecule has 0 bridgehead atoms. The van der Waals surface area contributed by atoms with Crippen molar-refractivity contribution in [2.45, 2.75) is 45.8 Å². The summed E-state index contributed by atoms with van der Waals surface area (Å²) in [5.41, 5.74) is 1.60. The Balaban J connectivity index is 1.80. The number of hydrogen-bond donors (Lipinski definition) is 1. The maximum Gasteiger partial charge on any atom is 0.267 e. The highest BCUT2D eigenvalue weighted by molar-refractivity contribution is 8.26. The fraction of sp³-hybridized carbons (Fsp3) is 0.429. The van der Waals surface area contributed by atoms with Gasteiger partial charge in [-0.3, -0.25) is 18.9 Å². The van der Waals surface area contributed by atoms with Gasteiger partial charge >= 0.3 is 0 Å². The normalized spacial score (nSPS) is 20.9. The second kappa shape index (κ2) is 8.49. The first kappa shape index (κ1) is 21.0. The lowest BCUT2D eigenvalue weighted by Gasteiger charge is -2.18. The smallest absolute Gasteiger partial charge is 0.267 e. The zero-order valence-electron chi connectivity index (χ0n) is 17.2. The topological polar surface area (TPSA) is 75.9 Å². The number of nitrogens with zero attached hydrogens (tertiary/aromatic N) is 3. The van der Waals surface area contributed by atoms with Gasteiger partial charge in [0.25, 0.3) is 11.5 Å². The molecule has 9 heteroatoms. The summed E-state index contributed by atoms with van der Waals surface area (Å²) in [6, 6.07) is 3.69. The van der Waals surface area contributed by atoms with E-state index in [1.807, 2.05) is 32.9 Å². The average Bonchev–Trinajstić information content (AvgIpc) is 3.31. The molecule has 0 radical (unpaired) electrons. The van der Waals surface area contributed by atoms with Crippen molar-refractivity contribution in [2.75, 3.05) is 18.5 Å². The Hall–Kier alpha value is -2.23. The van der Waals surface area contributed by atoms with Crippen LogP contribution in [0, 0.1) is 6.92 Å². The molecule has 4 rings (SSSR count). The molecule has 7 nitrogen and oxygen atoms in total. The van der Waals surface area contributed by atoms with E-state index in [1.165, 1.54) is 16.2 Å². The van der Waals surface area contributed by atoms with Gasteiger partial charge in [0.1, 0.15) is 15.8 Å². The number of nitrogens with one attached hydrogen (secondary N) is 1. The molecule has 0 saturated carbocycles. The third kappa shape index (κ3) is 3.89. The predicted molar refractivity (Wildman–Crippen MR) is 124 cm³/mol. The van der Waals surface area contributed by atoms with Crippen LogP contribution in [0.5, 0.6) is 0 Å². The first-order valence-electron chi connectivity index (χ1n) is 10.0. The van der Waals surface area contributed by atoms with Crippen LogP contribution in [-0.4, -0.2) is 49.8 Å². The Morgan fingerprint density at radius 3 is 2.90 bits per heavy atom. The number of thioether (sulfide) groups is 1. The molecule has 4 heterocycles. The van der Waals surface area contributed by atoms with Gasteiger partial charge in [-0.05, 0) is 51.3 Å². The summed E-state index contributed by atoms with van der Waals surface area (Å²) in [5, 5.41) is 3.29. The first-order valence-corrected chi connectivity index (χ1v) is 11.2. The molecule has 2 fully saturated rings. The van der Waals surface area contributed by atoms with Crippen LogP contribution < -0.4 is 10.9 Å². The zero-order chi connectivity index (χ0) is 21.4. The van der Waals surface area contributed by atoms with Crippen LogP contribution in [0.15, 0.2) is 28.0 Å². The van der Waals surface area contributed by atoms with Crippen LogP contribution >= 0.6 is 24.0 Å². The van der Waals surface area contributed by atoms with E-state index in [2.05, 4.69) is 5.32 Å². The summed E-state index contributed by atoms with van der Waals surface area (Å²) in [7, 11) is 0.